The Morgan fingerprint density at radius 2 is 1.76 bits per heavy atom. The zero-order chi connectivity index (χ0) is 15.1. The van der Waals surface area contributed by atoms with Gasteiger partial charge in [-0.1, -0.05) is 12.1 Å². The number of nitrogens with zero attached hydrogens (tertiary/aromatic N) is 1. The van der Waals surface area contributed by atoms with Crippen molar-refractivity contribution in [1.82, 2.24) is 0 Å². The third-order valence-corrected chi connectivity index (χ3v) is 2.96. The van der Waals surface area contributed by atoms with E-state index >= 15 is 0 Å². The van der Waals surface area contributed by atoms with Gasteiger partial charge in [0.1, 0.15) is 12.4 Å². The molecular weight excluding hydrogens is 268 g/mol. The zero-order valence-corrected chi connectivity index (χ0v) is 12.1. The number of nitrogens with two attached hydrogens (primary N) is 1. The van der Waals surface area contributed by atoms with Crippen LogP contribution in [0.2, 0.25) is 0 Å². The van der Waals surface area contributed by atoms with Crippen molar-refractivity contribution in [1.29, 1.82) is 0 Å². The molecule has 5 nitrogen and oxygen atoms in total. The predicted octanol–water partition coefficient (Wildman–Crippen LogP) is 2.58. The van der Waals surface area contributed by atoms with E-state index in [0.29, 0.717) is 18.1 Å². The van der Waals surface area contributed by atoms with Crippen molar-refractivity contribution in [3.8, 4) is 17.2 Å². The van der Waals surface area contributed by atoms with E-state index in [-0.39, 0.29) is 0 Å². The highest BCUT2D eigenvalue weighted by Crippen LogP contribution is 2.28. The second-order valence-corrected chi connectivity index (χ2v) is 4.33. The molecule has 2 N–H and O–H groups in total. The van der Waals surface area contributed by atoms with E-state index in [9.17, 15) is 0 Å². The highest BCUT2D eigenvalue weighted by atomic mass is 16.5. The average molecular weight is 286 g/mol. The van der Waals surface area contributed by atoms with Gasteiger partial charge in [-0.2, -0.15) is 5.10 Å². The highest BCUT2D eigenvalue weighted by Gasteiger charge is 2.05. The lowest BCUT2D eigenvalue weighted by Crippen LogP contribution is -1.98. The summed E-state index contributed by atoms with van der Waals surface area (Å²) in [4.78, 5) is 0. The molecule has 5 heteroatoms. The van der Waals surface area contributed by atoms with Gasteiger partial charge in [0.25, 0.3) is 0 Å². The molecular formula is C16H18N2O3. The minimum Gasteiger partial charge on any atom is -0.497 e. The second-order valence-electron chi connectivity index (χ2n) is 4.33. The summed E-state index contributed by atoms with van der Waals surface area (Å²) >= 11 is 0. The van der Waals surface area contributed by atoms with E-state index in [1.165, 1.54) is 0 Å². The summed E-state index contributed by atoms with van der Waals surface area (Å²) < 4.78 is 16.2. The summed E-state index contributed by atoms with van der Waals surface area (Å²) in [5.74, 6) is 7.27. The van der Waals surface area contributed by atoms with Gasteiger partial charge in [-0.3, -0.25) is 0 Å². The first-order valence-corrected chi connectivity index (χ1v) is 6.44. The van der Waals surface area contributed by atoms with E-state index in [2.05, 4.69) is 5.10 Å². The standard InChI is InChI=1S/C16H18N2O3/c1-19-14-6-3-12(4-7-14)11-21-15-8-5-13(10-18-17)9-16(15)20-2/h3-10H,11,17H2,1-2H3. The highest BCUT2D eigenvalue weighted by molar-refractivity contribution is 5.80. The molecule has 2 aromatic carbocycles. The van der Waals surface area contributed by atoms with Crippen LogP contribution in [0.25, 0.3) is 0 Å². The molecule has 0 aromatic heterocycles. The van der Waals surface area contributed by atoms with Crippen molar-refractivity contribution < 1.29 is 14.2 Å². The van der Waals surface area contributed by atoms with Gasteiger partial charge < -0.3 is 20.1 Å². The molecule has 0 radical (unpaired) electrons. The lowest BCUT2D eigenvalue weighted by molar-refractivity contribution is 0.284. The molecule has 0 heterocycles. The molecule has 21 heavy (non-hydrogen) atoms. The maximum atomic E-state index is 5.78. The molecule has 0 bridgehead atoms. The summed E-state index contributed by atoms with van der Waals surface area (Å²) in [7, 11) is 3.24. The maximum absolute atomic E-state index is 5.78. The first kappa shape index (κ1) is 14.7. The van der Waals surface area contributed by atoms with Crippen LogP contribution in [-0.4, -0.2) is 20.4 Å². The predicted molar refractivity (Wildman–Crippen MR) is 82.1 cm³/mol. The van der Waals surface area contributed by atoms with Crippen LogP contribution in [-0.2, 0) is 6.61 Å². The molecule has 0 aliphatic heterocycles. The normalized spacial score (nSPS) is 10.6. The summed E-state index contributed by atoms with van der Waals surface area (Å²) in [5, 5.41) is 3.49. The van der Waals surface area contributed by atoms with Crippen LogP contribution in [0, 0.1) is 0 Å². The minimum atomic E-state index is 0.449. The second kappa shape index (κ2) is 7.19. The van der Waals surface area contributed by atoms with Gasteiger partial charge in [0, 0.05) is 0 Å². The summed E-state index contributed by atoms with van der Waals surface area (Å²) in [6.07, 6.45) is 1.55. The molecule has 0 spiro atoms. The third kappa shape index (κ3) is 3.89. The Bertz CT molecular complexity index is 609. The number of hydrogen-bond donors (Lipinski definition) is 1. The molecule has 0 aliphatic carbocycles. The maximum Gasteiger partial charge on any atom is 0.161 e. The SMILES string of the molecule is COc1ccc(COc2ccc(C=NN)cc2OC)cc1. The molecule has 0 fully saturated rings. The molecule has 2 aromatic rings. The van der Waals surface area contributed by atoms with Crippen molar-refractivity contribution in [3.05, 3.63) is 53.6 Å². The van der Waals surface area contributed by atoms with Gasteiger partial charge in [-0.05, 0) is 41.5 Å². The Kier molecular flexibility index (Phi) is 5.04. The molecule has 0 atom stereocenters. The Morgan fingerprint density at radius 1 is 1.00 bits per heavy atom. The summed E-state index contributed by atoms with van der Waals surface area (Å²) in [6, 6.07) is 13.2. The van der Waals surface area contributed by atoms with Crippen molar-refractivity contribution >= 4 is 6.21 Å². The molecule has 0 amide bonds. The Morgan fingerprint density at radius 3 is 2.38 bits per heavy atom. The van der Waals surface area contributed by atoms with Gasteiger partial charge in [0.05, 0.1) is 20.4 Å². The Hall–Kier alpha value is -2.69. The minimum absolute atomic E-state index is 0.449. The fourth-order valence-electron chi connectivity index (χ4n) is 1.85. The number of methoxy groups -OCH3 is 2. The molecule has 0 saturated heterocycles. The fraction of sp³-hybridized carbons (Fsp3) is 0.188. The number of hydrogen-bond acceptors (Lipinski definition) is 5. The van der Waals surface area contributed by atoms with E-state index in [1.807, 2.05) is 42.5 Å². The van der Waals surface area contributed by atoms with E-state index in [4.69, 9.17) is 20.1 Å². The molecule has 0 unspecified atom stereocenters. The van der Waals surface area contributed by atoms with Gasteiger partial charge in [-0.25, -0.2) is 0 Å². The van der Waals surface area contributed by atoms with Gasteiger partial charge in [-0.15, -0.1) is 0 Å². The Balaban J connectivity index is 2.07. The lowest BCUT2D eigenvalue weighted by atomic mass is 10.2. The smallest absolute Gasteiger partial charge is 0.161 e. The quantitative estimate of drug-likeness (QED) is 0.503. The molecule has 110 valence electrons. The van der Waals surface area contributed by atoms with E-state index < -0.39 is 0 Å². The van der Waals surface area contributed by atoms with Crippen LogP contribution < -0.4 is 20.1 Å². The van der Waals surface area contributed by atoms with E-state index in [1.54, 1.807) is 20.4 Å². The summed E-state index contributed by atoms with van der Waals surface area (Å²) in [5.41, 5.74) is 1.90. The molecule has 0 saturated carbocycles. The van der Waals surface area contributed by atoms with Crippen molar-refractivity contribution in [3.63, 3.8) is 0 Å². The number of hydrazone groups is 1. The average Bonchev–Trinajstić information content (AvgIpc) is 2.54. The Labute approximate surface area is 123 Å². The van der Waals surface area contributed by atoms with Crippen molar-refractivity contribution in [2.45, 2.75) is 6.61 Å². The monoisotopic (exact) mass is 286 g/mol. The van der Waals surface area contributed by atoms with Crippen LogP contribution >= 0.6 is 0 Å². The van der Waals surface area contributed by atoms with Crippen LogP contribution in [0.1, 0.15) is 11.1 Å². The number of rotatable bonds is 6. The summed E-state index contributed by atoms with van der Waals surface area (Å²) in [6.45, 7) is 0.449. The van der Waals surface area contributed by atoms with Gasteiger partial charge in [0.2, 0.25) is 0 Å². The van der Waals surface area contributed by atoms with Crippen molar-refractivity contribution in [2.75, 3.05) is 14.2 Å². The molecule has 0 aliphatic rings. The van der Waals surface area contributed by atoms with Gasteiger partial charge >= 0.3 is 0 Å². The van der Waals surface area contributed by atoms with Gasteiger partial charge in [0.15, 0.2) is 11.5 Å². The van der Waals surface area contributed by atoms with Crippen LogP contribution in [0.5, 0.6) is 17.2 Å². The largest absolute Gasteiger partial charge is 0.497 e. The third-order valence-electron chi connectivity index (χ3n) is 2.96. The fourth-order valence-corrected chi connectivity index (χ4v) is 1.85. The lowest BCUT2D eigenvalue weighted by Gasteiger charge is -2.11. The first-order chi connectivity index (χ1) is 10.3. The van der Waals surface area contributed by atoms with Crippen LogP contribution in [0.4, 0.5) is 0 Å². The zero-order valence-electron chi connectivity index (χ0n) is 12.1. The van der Waals surface area contributed by atoms with E-state index in [0.717, 1.165) is 16.9 Å². The number of ether oxygens (including phenoxy) is 3. The topological polar surface area (TPSA) is 66.1 Å². The molecule has 2 rings (SSSR count). The van der Waals surface area contributed by atoms with Crippen LogP contribution in [0.3, 0.4) is 0 Å². The van der Waals surface area contributed by atoms with Crippen molar-refractivity contribution in [2.24, 2.45) is 10.9 Å². The first-order valence-electron chi connectivity index (χ1n) is 6.44. The van der Waals surface area contributed by atoms with Crippen LogP contribution in [0.15, 0.2) is 47.6 Å². The number of benzene rings is 2.